The summed E-state index contributed by atoms with van der Waals surface area (Å²) in [6.07, 6.45) is 1.59. The highest BCUT2D eigenvalue weighted by Crippen LogP contribution is 2.17. The minimum Gasteiger partial charge on any atom is -0.467 e. The molecule has 0 saturated carbocycles. The Morgan fingerprint density at radius 1 is 1.00 bits per heavy atom. The van der Waals surface area contributed by atoms with Gasteiger partial charge in [0.2, 0.25) is 0 Å². The van der Waals surface area contributed by atoms with E-state index in [1.807, 2.05) is 49.4 Å². The number of hydrogen-bond acceptors (Lipinski definition) is 5. The number of nitrogens with one attached hydrogen (secondary N) is 1. The summed E-state index contributed by atoms with van der Waals surface area (Å²) in [5.74, 6) is -0.0229. The van der Waals surface area contributed by atoms with Crippen molar-refractivity contribution in [1.82, 2.24) is 4.90 Å². The second-order valence-electron chi connectivity index (χ2n) is 6.45. The Labute approximate surface area is 170 Å². The van der Waals surface area contributed by atoms with Crippen LogP contribution in [-0.4, -0.2) is 29.9 Å². The number of para-hydroxylation sites is 1. The second kappa shape index (κ2) is 10.1. The second-order valence-corrected chi connectivity index (χ2v) is 6.45. The largest absolute Gasteiger partial charge is 0.467 e. The number of nitrogens with zero attached hydrogens (tertiary/aromatic N) is 1. The van der Waals surface area contributed by atoms with E-state index < -0.39 is 5.97 Å². The summed E-state index contributed by atoms with van der Waals surface area (Å²) in [4.78, 5) is 26.7. The molecule has 29 heavy (non-hydrogen) atoms. The zero-order chi connectivity index (χ0) is 20.5. The zero-order valence-electron chi connectivity index (χ0n) is 16.3. The quantitative estimate of drug-likeness (QED) is 0.555. The van der Waals surface area contributed by atoms with Gasteiger partial charge in [-0.25, -0.2) is 4.79 Å². The number of amides is 1. The van der Waals surface area contributed by atoms with Gasteiger partial charge in [0.1, 0.15) is 5.76 Å². The van der Waals surface area contributed by atoms with E-state index in [0.717, 1.165) is 11.3 Å². The van der Waals surface area contributed by atoms with E-state index in [9.17, 15) is 9.59 Å². The molecule has 0 aliphatic heterocycles. The number of carbonyl (C=O) groups is 2. The van der Waals surface area contributed by atoms with Crippen molar-refractivity contribution in [2.45, 2.75) is 20.0 Å². The first-order valence-electron chi connectivity index (χ1n) is 9.51. The molecular formula is C23H24N2O4. The summed E-state index contributed by atoms with van der Waals surface area (Å²) in [5.41, 5.74) is 2.03. The molecule has 0 aliphatic rings. The van der Waals surface area contributed by atoms with Crippen molar-refractivity contribution in [3.8, 4) is 0 Å². The van der Waals surface area contributed by atoms with Crippen LogP contribution in [0.25, 0.3) is 0 Å². The number of furan rings is 1. The van der Waals surface area contributed by atoms with E-state index in [0.29, 0.717) is 30.9 Å². The van der Waals surface area contributed by atoms with Crippen LogP contribution in [0.2, 0.25) is 0 Å². The van der Waals surface area contributed by atoms with Crippen LogP contribution < -0.4 is 5.32 Å². The lowest BCUT2D eigenvalue weighted by Crippen LogP contribution is -2.34. The molecule has 6 nitrogen and oxygen atoms in total. The first-order valence-corrected chi connectivity index (χ1v) is 9.51. The van der Waals surface area contributed by atoms with E-state index >= 15 is 0 Å². The van der Waals surface area contributed by atoms with Gasteiger partial charge in [0.05, 0.1) is 18.4 Å². The van der Waals surface area contributed by atoms with Gasteiger partial charge in [-0.2, -0.15) is 0 Å². The highest BCUT2D eigenvalue weighted by Gasteiger charge is 2.17. The van der Waals surface area contributed by atoms with E-state index in [1.54, 1.807) is 35.4 Å². The Hall–Kier alpha value is -3.54. The van der Waals surface area contributed by atoms with Gasteiger partial charge in [0.15, 0.2) is 6.61 Å². The molecule has 2 aromatic carbocycles. The van der Waals surface area contributed by atoms with E-state index in [-0.39, 0.29) is 12.5 Å². The van der Waals surface area contributed by atoms with Gasteiger partial charge < -0.3 is 19.4 Å². The van der Waals surface area contributed by atoms with E-state index in [1.165, 1.54) is 0 Å². The average Bonchev–Trinajstić information content (AvgIpc) is 3.28. The molecule has 0 unspecified atom stereocenters. The lowest BCUT2D eigenvalue weighted by Gasteiger charge is -2.21. The van der Waals surface area contributed by atoms with Gasteiger partial charge in [-0.05, 0) is 36.8 Å². The van der Waals surface area contributed by atoms with Gasteiger partial charge in [-0.1, -0.05) is 42.5 Å². The molecule has 1 N–H and O–H groups in total. The van der Waals surface area contributed by atoms with Crippen molar-refractivity contribution in [2.24, 2.45) is 0 Å². The fourth-order valence-corrected chi connectivity index (χ4v) is 2.89. The third-order valence-corrected chi connectivity index (χ3v) is 4.46. The zero-order valence-corrected chi connectivity index (χ0v) is 16.3. The van der Waals surface area contributed by atoms with Crippen LogP contribution in [0, 0.1) is 0 Å². The molecule has 1 amide bonds. The SMILES string of the molecule is CCN(Cc1ccccc1)C(=O)COC(=O)c1ccccc1NCc1ccco1. The van der Waals surface area contributed by atoms with Crippen molar-refractivity contribution in [3.63, 3.8) is 0 Å². The molecule has 0 fully saturated rings. The molecule has 6 heteroatoms. The van der Waals surface area contributed by atoms with E-state index in [2.05, 4.69) is 5.32 Å². The Morgan fingerprint density at radius 2 is 1.76 bits per heavy atom. The van der Waals surface area contributed by atoms with Crippen LogP contribution in [0.15, 0.2) is 77.4 Å². The monoisotopic (exact) mass is 392 g/mol. The Balaban J connectivity index is 1.57. The van der Waals surface area contributed by atoms with Crippen molar-refractivity contribution in [3.05, 3.63) is 89.9 Å². The first kappa shape index (κ1) is 20.2. The lowest BCUT2D eigenvalue weighted by atomic mass is 10.2. The van der Waals surface area contributed by atoms with Gasteiger partial charge in [-0.3, -0.25) is 4.79 Å². The molecular weight excluding hydrogens is 368 g/mol. The van der Waals surface area contributed by atoms with Crippen LogP contribution in [0.1, 0.15) is 28.6 Å². The number of carbonyl (C=O) groups excluding carboxylic acids is 2. The Bertz CT molecular complexity index is 923. The molecule has 0 atom stereocenters. The molecule has 0 radical (unpaired) electrons. The summed E-state index contributed by atoms with van der Waals surface area (Å²) in [5, 5.41) is 3.16. The van der Waals surface area contributed by atoms with E-state index in [4.69, 9.17) is 9.15 Å². The van der Waals surface area contributed by atoms with Crippen molar-refractivity contribution < 1.29 is 18.7 Å². The van der Waals surface area contributed by atoms with Crippen molar-refractivity contribution in [2.75, 3.05) is 18.5 Å². The summed E-state index contributed by atoms with van der Waals surface area (Å²) in [6, 6.07) is 20.4. The Kier molecular flexibility index (Phi) is 7.05. The summed E-state index contributed by atoms with van der Waals surface area (Å²) in [7, 11) is 0. The first-order chi connectivity index (χ1) is 14.2. The lowest BCUT2D eigenvalue weighted by molar-refractivity contribution is -0.134. The number of hydrogen-bond donors (Lipinski definition) is 1. The fraction of sp³-hybridized carbons (Fsp3) is 0.217. The smallest absolute Gasteiger partial charge is 0.340 e. The minimum absolute atomic E-state index is 0.231. The summed E-state index contributed by atoms with van der Waals surface area (Å²) in [6.45, 7) is 3.06. The van der Waals surface area contributed by atoms with Crippen LogP contribution in [-0.2, 0) is 22.6 Å². The summed E-state index contributed by atoms with van der Waals surface area (Å²) >= 11 is 0. The molecule has 0 aliphatic carbocycles. The highest BCUT2D eigenvalue weighted by atomic mass is 16.5. The molecule has 0 spiro atoms. The molecule has 3 aromatic rings. The fourth-order valence-electron chi connectivity index (χ4n) is 2.89. The molecule has 1 aromatic heterocycles. The molecule has 0 saturated heterocycles. The third kappa shape index (κ3) is 5.72. The molecule has 3 rings (SSSR count). The molecule has 150 valence electrons. The summed E-state index contributed by atoms with van der Waals surface area (Å²) < 4.78 is 10.6. The van der Waals surface area contributed by atoms with Crippen LogP contribution in [0.5, 0.6) is 0 Å². The highest BCUT2D eigenvalue weighted by molar-refractivity contribution is 5.96. The number of ether oxygens (including phenoxy) is 1. The van der Waals surface area contributed by atoms with Crippen LogP contribution in [0.3, 0.4) is 0 Å². The van der Waals surface area contributed by atoms with Crippen molar-refractivity contribution in [1.29, 1.82) is 0 Å². The maximum Gasteiger partial charge on any atom is 0.340 e. The predicted octanol–water partition coefficient (Wildman–Crippen LogP) is 4.10. The number of likely N-dealkylation sites (N-methyl/N-ethyl adjacent to an activating group) is 1. The number of benzene rings is 2. The third-order valence-electron chi connectivity index (χ3n) is 4.46. The van der Waals surface area contributed by atoms with Crippen LogP contribution in [0.4, 0.5) is 5.69 Å². The van der Waals surface area contributed by atoms with Gasteiger partial charge in [0, 0.05) is 18.8 Å². The average molecular weight is 392 g/mol. The van der Waals surface area contributed by atoms with Gasteiger partial charge in [0.25, 0.3) is 5.91 Å². The maximum absolute atomic E-state index is 12.5. The van der Waals surface area contributed by atoms with Gasteiger partial charge in [-0.15, -0.1) is 0 Å². The number of anilines is 1. The predicted molar refractivity (Wildman–Crippen MR) is 110 cm³/mol. The normalized spacial score (nSPS) is 10.4. The minimum atomic E-state index is -0.545. The van der Waals surface area contributed by atoms with Gasteiger partial charge >= 0.3 is 5.97 Å². The van der Waals surface area contributed by atoms with Crippen LogP contribution >= 0.6 is 0 Å². The number of esters is 1. The Morgan fingerprint density at radius 3 is 2.48 bits per heavy atom. The maximum atomic E-state index is 12.5. The standard InChI is InChI=1S/C23H24N2O4/c1-2-25(16-18-9-4-3-5-10-18)22(26)17-29-23(27)20-12-6-7-13-21(20)24-15-19-11-8-14-28-19/h3-14,24H,2,15-17H2,1H3. The molecule has 1 heterocycles. The molecule has 0 bridgehead atoms. The number of rotatable bonds is 9. The van der Waals surface area contributed by atoms with Crippen molar-refractivity contribution >= 4 is 17.6 Å². The topological polar surface area (TPSA) is 71.8 Å².